The molecule has 3 aliphatic rings. The third-order valence-electron chi connectivity index (χ3n) is 7.70. The fourth-order valence-corrected chi connectivity index (χ4v) is 5.36. The van der Waals surface area contributed by atoms with Crippen molar-refractivity contribution in [1.82, 2.24) is 25.3 Å². The maximum absolute atomic E-state index is 14.0. The molecule has 2 saturated heterocycles. The first-order chi connectivity index (χ1) is 19.0. The number of amides is 4. The Morgan fingerprint density at radius 2 is 1.75 bits per heavy atom. The highest BCUT2D eigenvalue weighted by atomic mass is 19.4. The van der Waals surface area contributed by atoms with Gasteiger partial charge in [-0.1, -0.05) is 24.3 Å². The van der Waals surface area contributed by atoms with E-state index in [0.717, 1.165) is 31.7 Å². The Labute approximate surface area is 229 Å². The molecule has 0 bridgehead atoms. The first-order valence-electron chi connectivity index (χ1n) is 13.1. The fourth-order valence-electron chi connectivity index (χ4n) is 5.36. The third kappa shape index (κ3) is 5.87. The number of benzene rings is 2. The highest BCUT2D eigenvalue weighted by molar-refractivity contribution is 6.06. The van der Waals surface area contributed by atoms with Crippen LogP contribution in [0.15, 0.2) is 42.5 Å². The lowest BCUT2D eigenvalue weighted by atomic mass is 10.0. The largest absolute Gasteiger partial charge is 0.412 e. The van der Waals surface area contributed by atoms with Gasteiger partial charge in [-0.2, -0.15) is 13.2 Å². The number of rotatable bonds is 6. The standard InChI is InChI=1S/C28H30F3N5O4/c1-34-10-12-35(13-11-34)15-17-2-4-18(5-3-17)24(28(29,30)31)33-25(38)19-6-7-21-20(14-19)16-36(27(21)40)22-8-9-23(37)32-26(22)39/h2-7,14,22,24H,8-13,15-16H2,1H3,(H,33,38)(H,32,37,39)/t22?,24-/m1/s1. The monoisotopic (exact) mass is 557 g/mol. The van der Waals surface area contributed by atoms with Crippen molar-refractivity contribution in [2.45, 2.75) is 44.2 Å². The minimum Gasteiger partial charge on any atom is -0.337 e. The first kappa shape index (κ1) is 27.8. The highest BCUT2D eigenvalue weighted by Gasteiger charge is 2.43. The number of alkyl halides is 3. The van der Waals surface area contributed by atoms with Crippen molar-refractivity contribution in [3.05, 3.63) is 70.3 Å². The number of nitrogens with zero attached hydrogens (tertiary/aromatic N) is 3. The van der Waals surface area contributed by atoms with Crippen LogP contribution in [0.1, 0.15) is 56.3 Å². The number of hydrogen-bond acceptors (Lipinski definition) is 6. The molecular formula is C28H30F3N5O4. The van der Waals surface area contributed by atoms with Crippen LogP contribution in [0.4, 0.5) is 13.2 Å². The molecule has 12 heteroatoms. The summed E-state index contributed by atoms with van der Waals surface area (Å²) in [6, 6.07) is 7.11. The summed E-state index contributed by atoms with van der Waals surface area (Å²) in [6.07, 6.45) is -4.46. The molecule has 3 aliphatic heterocycles. The van der Waals surface area contributed by atoms with Gasteiger partial charge in [0, 0.05) is 56.8 Å². The summed E-state index contributed by atoms with van der Waals surface area (Å²) in [4.78, 5) is 55.3. The lowest BCUT2D eigenvalue weighted by Gasteiger charge is -2.32. The van der Waals surface area contributed by atoms with Gasteiger partial charge in [0.05, 0.1) is 0 Å². The van der Waals surface area contributed by atoms with Crippen LogP contribution in [-0.4, -0.2) is 83.8 Å². The minimum absolute atomic E-state index is 0.0129. The van der Waals surface area contributed by atoms with Crippen LogP contribution in [0.3, 0.4) is 0 Å². The van der Waals surface area contributed by atoms with Crippen LogP contribution < -0.4 is 10.6 Å². The molecule has 0 aliphatic carbocycles. The highest BCUT2D eigenvalue weighted by Crippen LogP contribution is 2.34. The van der Waals surface area contributed by atoms with Gasteiger partial charge in [0.15, 0.2) is 6.04 Å². The van der Waals surface area contributed by atoms with Crippen LogP contribution in [-0.2, 0) is 22.7 Å². The second kappa shape index (κ2) is 11.0. The van der Waals surface area contributed by atoms with Crippen LogP contribution in [0, 0.1) is 0 Å². The van der Waals surface area contributed by atoms with Crippen molar-refractivity contribution in [3.63, 3.8) is 0 Å². The molecule has 3 heterocycles. The Hall–Kier alpha value is -3.77. The van der Waals surface area contributed by atoms with E-state index in [1.165, 1.54) is 35.2 Å². The zero-order valence-corrected chi connectivity index (χ0v) is 22.0. The van der Waals surface area contributed by atoms with Crippen molar-refractivity contribution in [2.24, 2.45) is 0 Å². The Morgan fingerprint density at radius 3 is 2.40 bits per heavy atom. The van der Waals surface area contributed by atoms with Crippen molar-refractivity contribution in [3.8, 4) is 0 Å². The zero-order chi connectivity index (χ0) is 28.6. The molecule has 2 aromatic rings. The maximum Gasteiger partial charge on any atom is 0.412 e. The van der Waals surface area contributed by atoms with Gasteiger partial charge in [-0.25, -0.2) is 0 Å². The minimum atomic E-state index is -4.73. The quantitative estimate of drug-likeness (QED) is 0.529. The number of halogens is 3. The molecule has 0 spiro atoms. The Balaban J connectivity index is 1.27. The van der Waals surface area contributed by atoms with E-state index >= 15 is 0 Å². The van der Waals surface area contributed by atoms with Gasteiger partial charge in [0.25, 0.3) is 11.8 Å². The predicted octanol–water partition coefficient (Wildman–Crippen LogP) is 2.23. The Kier molecular flexibility index (Phi) is 7.65. The van der Waals surface area contributed by atoms with Crippen LogP contribution in [0.2, 0.25) is 0 Å². The number of likely N-dealkylation sites (N-methyl/N-ethyl adjacent to an activating group) is 1. The smallest absolute Gasteiger partial charge is 0.337 e. The molecule has 0 saturated carbocycles. The second-order valence-corrected chi connectivity index (χ2v) is 10.5. The number of fused-ring (bicyclic) bond motifs is 1. The van der Waals surface area contributed by atoms with Crippen molar-refractivity contribution in [1.29, 1.82) is 0 Å². The number of hydrogen-bond donors (Lipinski definition) is 2. The zero-order valence-electron chi connectivity index (χ0n) is 22.0. The Bertz CT molecular complexity index is 1320. The van der Waals surface area contributed by atoms with E-state index < -0.39 is 41.9 Å². The second-order valence-electron chi connectivity index (χ2n) is 10.5. The number of nitrogens with one attached hydrogen (secondary N) is 2. The van der Waals surface area contributed by atoms with Gasteiger partial charge in [0.2, 0.25) is 11.8 Å². The lowest BCUT2D eigenvalue weighted by molar-refractivity contribution is -0.155. The summed E-state index contributed by atoms with van der Waals surface area (Å²) in [5, 5.41) is 4.32. The van der Waals surface area contributed by atoms with Crippen molar-refractivity contribution in [2.75, 3.05) is 33.2 Å². The molecule has 0 aromatic heterocycles. The molecule has 0 radical (unpaired) electrons. The van der Waals surface area contributed by atoms with E-state index in [1.54, 1.807) is 12.1 Å². The molecule has 212 valence electrons. The lowest BCUT2D eigenvalue weighted by Crippen LogP contribution is -2.52. The van der Waals surface area contributed by atoms with E-state index in [-0.39, 0.29) is 36.1 Å². The van der Waals surface area contributed by atoms with E-state index in [9.17, 15) is 32.3 Å². The van der Waals surface area contributed by atoms with E-state index in [0.29, 0.717) is 12.1 Å². The molecule has 2 aromatic carbocycles. The van der Waals surface area contributed by atoms with Gasteiger partial charge < -0.3 is 15.1 Å². The van der Waals surface area contributed by atoms with E-state index in [1.807, 2.05) is 0 Å². The fraction of sp³-hybridized carbons (Fsp3) is 0.429. The van der Waals surface area contributed by atoms with Crippen molar-refractivity contribution >= 4 is 23.6 Å². The number of piperazine rings is 1. The van der Waals surface area contributed by atoms with E-state index in [2.05, 4.69) is 27.5 Å². The molecule has 40 heavy (non-hydrogen) atoms. The van der Waals surface area contributed by atoms with Crippen LogP contribution >= 0.6 is 0 Å². The Morgan fingerprint density at radius 1 is 1.05 bits per heavy atom. The third-order valence-corrected chi connectivity index (χ3v) is 7.70. The molecule has 5 rings (SSSR count). The van der Waals surface area contributed by atoms with Gasteiger partial charge >= 0.3 is 6.18 Å². The molecule has 2 N–H and O–H groups in total. The normalized spacial score (nSPS) is 21.2. The maximum atomic E-state index is 14.0. The molecule has 2 atom stereocenters. The molecular weight excluding hydrogens is 527 g/mol. The number of carbonyl (C=O) groups excluding carboxylic acids is 4. The SMILES string of the molecule is CN1CCN(Cc2ccc([C@@H](NC(=O)c3ccc4c(c3)CN(C3CCC(=O)NC3=O)C4=O)C(F)(F)F)cc2)CC1. The molecule has 4 amide bonds. The summed E-state index contributed by atoms with van der Waals surface area (Å²) in [5.74, 6) is -2.34. The summed E-state index contributed by atoms with van der Waals surface area (Å²) >= 11 is 0. The predicted molar refractivity (Wildman–Crippen MR) is 138 cm³/mol. The van der Waals surface area contributed by atoms with Crippen LogP contribution in [0.5, 0.6) is 0 Å². The summed E-state index contributed by atoms with van der Waals surface area (Å²) < 4.78 is 42.1. The molecule has 1 unspecified atom stereocenters. The molecule has 2 fully saturated rings. The van der Waals surface area contributed by atoms with Gasteiger partial charge in [-0.15, -0.1) is 0 Å². The topological polar surface area (TPSA) is 102 Å². The first-order valence-corrected chi connectivity index (χ1v) is 13.1. The van der Waals surface area contributed by atoms with Crippen LogP contribution in [0.25, 0.3) is 0 Å². The number of carbonyl (C=O) groups is 4. The summed E-state index contributed by atoms with van der Waals surface area (Å²) in [6.45, 7) is 4.30. The number of piperidine rings is 1. The van der Waals surface area contributed by atoms with Gasteiger partial charge in [-0.05, 0) is 48.4 Å². The average Bonchev–Trinajstić information content (AvgIpc) is 3.23. The van der Waals surface area contributed by atoms with Gasteiger partial charge in [-0.3, -0.25) is 29.4 Å². The summed E-state index contributed by atoms with van der Waals surface area (Å²) in [5.41, 5.74) is 1.48. The summed E-state index contributed by atoms with van der Waals surface area (Å²) in [7, 11) is 2.05. The van der Waals surface area contributed by atoms with Gasteiger partial charge in [0.1, 0.15) is 6.04 Å². The van der Waals surface area contributed by atoms with E-state index in [4.69, 9.17) is 0 Å². The average molecular weight is 558 g/mol. The van der Waals surface area contributed by atoms with Crippen molar-refractivity contribution < 1.29 is 32.3 Å². The molecule has 9 nitrogen and oxygen atoms in total. The number of imide groups is 1.